The van der Waals surface area contributed by atoms with Crippen LogP contribution in [0.15, 0.2) is 54.6 Å². The Morgan fingerprint density at radius 1 is 1.00 bits per heavy atom. The minimum atomic E-state index is -0.224. The molecule has 0 aliphatic rings. The number of nitrogens with one attached hydrogen (secondary N) is 1. The molecule has 0 atom stereocenters. The number of amides is 2. The zero-order valence-electron chi connectivity index (χ0n) is 14.4. The van der Waals surface area contributed by atoms with Crippen LogP contribution in [0.4, 0.5) is 0 Å². The highest BCUT2D eigenvalue weighted by molar-refractivity contribution is 6.33. The normalized spacial score (nSPS) is 10.3. The van der Waals surface area contributed by atoms with Crippen molar-refractivity contribution in [1.82, 2.24) is 10.2 Å². The van der Waals surface area contributed by atoms with Gasteiger partial charge in [0.05, 0.1) is 10.6 Å². The molecule has 0 spiro atoms. The van der Waals surface area contributed by atoms with Gasteiger partial charge in [0.2, 0.25) is 5.91 Å². The maximum Gasteiger partial charge on any atom is 0.252 e. The molecule has 4 nitrogen and oxygen atoms in total. The number of aryl methyl sites for hydroxylation is 1. The Bertz CT molecular complexity index is 704. The zero-order valence-corrected chi connectivity index (χ0v) is 15.1. The summed E-state index contributed by atoms with van der Waals surface area (Å²) in [5.41, 5.74) is 1.71. The summed E-state index contributed by atoms with van der Waals surface area (Å²) in [6.45, 7) is 3.11. The molecule has 2 rings (SSSR count). The molecule has 0 saturated carbocycles. The van der Waals surface area contributed by atoms with Crippen LogP contribution in [0.2, 0.25) is 5.02 Å². The van der Waals surface area contributed by atoms with Crippen molar-refractivity contribution in [2.45, 2.75) is 19.8 Å². The SMILES string of the molecule is CC(=O)N(CCCc1ccccc1)CCNC(=O)c1ccccc1Cl. The van der Waals surface area contributed by atoms with E-state index in [1.165, 1.54) is 5.56 Å². The molecule has 0 aromatic heterocycles. The van der Waals surface area contributed by atoms with Crippen LogP contribution >= 0.6 is 11.6 Å². The van der Waals surface area contributed by atoms with Crippen molar-refractivity contribution in [2.24, 2.45) is 0 Å². The summed E-state index contributed by atoms with van der Waals surface area (Å²) in [4.78, 5) is 25.7. The average Bonchev–Trinajstić information content (AvgIpc) is 2.61. The second-order valence-corrected chi connectivity index (χ2v) is 6.24. The van der Waals surface area contributed by atoms with E-state index in [2.05, 4.69) is 17.4 Å². The molecule has 0 aliphatic carbocycles. The first-order valence-corrected chi connectivity index (χ1v) is 8.78. The van der Waals surface area contributed by atoms with Crippen LogP contribution in [0.1, 0.15) is 29.3 Å². The van der Waals surface area contributed by atoms with E-state index in [0.29, 0.717) is 30.2 Å². The second kappa shape index (κ2) is 9.84. The van der Waals surface area contributed by atoms with Gasteiger partial charge in [-0.05, 0) is 30.5 Å². The molecule has 0 heterocycles. The lowest BCUT2D eigenvalue weighted by molar-refractivity contribution is -0.128. The average molecular weight is 359 g/mol. The van der Waals surface area contributed by atoms with Crippen LogP contribution in [0, 0.1) is 0 Å². The first-order chi connectivity index (χ1) is 12.1. The Kier molecular flexibility index (Phi) is 7.48. The molecule has 2 aromatic rings. The first kappa shape index (κ1) is 19.0. The van der Waals surface area contributed by atoms with E-state index < -0.39 is 0 Å². The number of nitrogens with zero attached hydrogens (tertiary/aromatic N) is 1. The number of carbonyl (C=O) groups excluding carboxylic acids is 2. The van der Waals surface area contributed by atoms with Gasteiger partial charge in [0, 0.05) is 26.6 Å². The van der Waals surface area contributed by atoms with Crippen molar-refractivity contribution in [3.63, 3.8) is 0 Å². The van der Waals surface area contributed by atoms with Crippen LogP contribution in [-0.4, -0.2) is 36.3 Å². The van der Waals surface area contributed by atoms with E-state index in [0.717, 1.165) is 12.8 Å². The molecule has 0 radical (unpaired) electrons. The third-order valence-electron chi connectivity index (χ3n) is 3.97. The summed E-state index contributed by atoms with van der Waals surface area (Å²) in [5, 5.41) is 3.24. The highest BCUT2D eigenvalue weighted by Gasteiger charge is 2.11. The molecule has 1 N–H and O–H groups in total. The van der Waals surface area contributed by atoms with Crippen LogP contribution < -0.4 is 5.32 Å². The van der Waals surface area contributed by atoms with Gasteiger partial charge in [-0.2, -0.15) is 0 Å². The smallest absolute Gasteiger partial charge is 0.252 e. The Balaban J connectivity index is 1.76. The molecule has 2 aromatic carbocycles. The van der Waals surface area contributed by atoms with Crippen LogP contribution in [0.3, 0.4) is 0 Å². The molecule has 0 aliphatic heterocycles. The van der Waals surface area contributed by atoms with Gasteiger partial charge in [0.15, 0.2) is 0 Å². The summed E-state index contributed by atoms with van der Waals surface area (Å²) in [5.74, 6) is -0.210. The highest BCUT2D eigenvalue weighted by atomic mass is 35.5. The number of rotatable bonds is 8. The van der Waals surface area contributed by atoms with E-state index in [1.54, 1.807) is 36.1 Å². The van der Waals surface area contributed by atoms with E-state index in [4.69, 9.17) is 11.6 Å². The molecular formula is C20H23ClN2O2. The molecule has 132 valence electrons. The third-order valence-corrected chi connectivity index (χ3v) is 4.30. The van der Waals surface area contributed by atoms with E-state index in [9.17, 15) is 9.59 Å². The molecule has 5 heteroatoms. The minimum absolute atomic E-state index is 0.0139. The Labute approximate surface area is 153 Å². The van der Waals surface area contributed by atoms with Crippen LogP contribution in [0.25, 0.3) is 0 Å². The topological polar surface area (TPSA) is 49.4 Å². The van der Waals surface area contributed by atoms with Gasteiger partial charge in [0.1, 0.15) is 0 Å². The lowest BCUT2D eigenvalue weighted by Crippen LogP contribution is -2.38. The summed E-state index contributed by atoms with van der Waals surface area (Å²) in [6, 6.07) is 17.1. The number of hydrogen-bond donors (Lipinski definition) is 1. The Hall–Kier alpha value is -2.33. The Morgan fingerprint density at radius 3 is 2.36 bits per heavy atom. The van der Waals surface area contributed by atoms with Crippen molar-refractivity contribution in [3.8, 4) is 0 Å². The van der Waals surface area contributed by atoms with E-state index in [-0.39, 0.29) is 11.8 Å². The number of benzene rings is 2. The minimum Gasteiger partial charge on any atom is -0.350 e. The lowest BCUT2D eigenvalue weighted by Gasteiger charge is -2.21. The third kappa shape index (κ3) is 6.24. The predicted molar refractivity (Wildman–Crippen MR) is 101 cm³/mol. The van der Waals surface area contributed by atoms with Gasteiger partial charge in [-0.25, -0.2) is 0 Å². The molecule has 0 saturated heterocycles. The molecule has 0 bridgehead atoms. The quantitative estimate of drug-likeness (QED) is 0.784. The van der Waals surface area contributed by atoms with E-state index in [1.807, 2.05) is 18.2 Å². The zero-order chi connectivity index (χ0) is 18.1. The van der Waals surface area contributed by atoms with Gasteiger partial charge in [-0.15, -0.1) is 0 Å². The monoisotopic (exact) mass is 358 g/mol. The fourth-order valence-electron chi connectivity index (χ4n) is 2.59. The van der Waals surface area contributed by atoms with Crippen LogP contribution in [-0.2, 0) is 11.2 Å². The van der Waals surface area contributed by atoms with Crippen molar-refractivity contribution >= 4 is 23.4 Å². The van der Waals surface area contributed by atoms with Gasteiger partial charge in [-0.3, -0.25) is 9.59 Å². The summed E-state index contributed by atoms with van der Waals surface area (Å²) in [7, 11) is 0. The molecule has 25 heavy (non-hydrogen) atoms. The van der Waals surface area contributed by atoms with Gasteiger partial charge in [0.25, 0.3) is 5.91 Å². The van der Waals surface area contributed by atoms with Crippen molar-refractivity contribution in [2.75, 3.05) is 19.6 Å². The van der Waals surface area contributed by atoms with Crippen LogP contribution in [0.5, 0.6) is 0 Å². The fourth-order valence-corrected chi connectivity index (χ4v) is 2.81. The summed E-state index contributed by atoms with van der Waals surface area (Å²) >= 11 is 6.01. The maximum atomic E-state index is 12.1. The molecule has 0 fully saturated rings. The van der Waals surface area contributed by atoms with Crippen molar-refractivity contribution in [3.05, 3.63) is 70.7 Å². The fraction of sp³-hybridized carbons (Fsp3) is 0.300. The molecule has 0 unspecified atom stereocenters. The predicted octanol–water partition coefficient (Wildman–Crippen LogP) is 3.55. The standard InChI is InChI=1S/C20H23ClN2O2/c1-16(24)23(14-7-10-17-8-3-2-4-9-17)15-13-22-20(25)18-11-5-6-12-19(18)21/h2-6,8-9,11-12H,7,10,13-15H2,1H3,(H,22,25). The van der Waals surface area contributed by atoms with Gasteiger partial charge in [-0.1, -0.05) is 54.1 Å². The first-order valence-electron chi connectivity index (χ1n) is 8.40. The largest absolute Gasteiger partial charge is 0.350 e. The molecule has 2 amide bonds. The Morgan fingerprint density at radius 2 is 1.68 bits per heavy atom. The number of hydrogen-bond acceptors (Lipinski definition) is 2. The second-order valence-electron chi connectivity index (χ2n) is 5.83. The summed E-state index contributed by atoms with van der Waals surface area (Å²) < 4.78 is 0. The number of carbonyl (C=O) groups is 2. The number of halogens is 1. The van der Waals surface area contributed by atoms with Crippen molar-refractivity contribution < 1.29 is 9.59 Å². The lowest BCUT2D eigenvalue weighted by atomic mass is 10.1. The van der Waals surface area contributed by atoms with Crippen molar-refractivity contribution in [1.29, 1.82) is 0 Å². The van der Waals surface area contributed by atoms with Gasteiger partial charge < -0.3 is 10.2 Å². The van der Waals surface area contributed by atoms with Gasteiger partial charge >= 0.3 is 0 Å². The van der Waals surface area contributed by atoms with E-state index >= 15 is 0 Å². The maximum absolute atomic E-state index is 12.1. The highest BCUT2D eigenvalue weighted by Crippen LogP contribution is 2.14. The molecular weight excluding hydrogens is 336 g/mol. The summed E-state index contributed by atoms with van der Waals surface area (Å²) in [6.07, 6.45) is 1.82.